The highest BCUT2D eigenvalue weighted by Crippen LogP contribution is 2.19. The maximum absolute atomic E-state index is 13.0. The molecule has 9 nitrogen and oxygen atoms in total. The number of carbonyl (C=O) groups is 3. The van der Waals surface area contributed by atoms with Crippen molar-refractivity contribution in [3.8, 4) is 0 Å². The molecule has 0 amide bonds. The van der Waals surface area contributed by atoms with Crippen LogP contribution in [0.25, 0.3) is 0 Å². The summed E-state index contributed by atoms with van der Waals surface area (Å²) < 4.78 is 22.9. The molecule has 0 bridgehead atoms. The fourth-order valence-corrected chi connectivity index (χ4v) is 11.3. The minimum Gasteiger partial charge on any atom is -0.545 e. The number of likely N-dealkylation sites (N-methyl/N-ethyl adjacent to an activating group) is 1. The Bertz CT molecular complexity index is 1650. The van der Waals surface area contributed by atoms with E-state index in [0.717, 1.165) is 51.4 Å². The van der Waals surface area contributed by atoms with Gasteiger partial charge in [-0.15, -0.1) is 0 Å². The Labute approximate surface area is 552 Å². The van der Waals surface area contributed by atoms with Crippen LogP contribution < -0.4 is 5.11 Å². The standard InChI is InChI=1S/C80H147NO8/c1-6-8-10-12-14-16-18-20-22-24-26-28-30-32-34-35-36-37-38-39-40-41-42-43-45-47-49-51-53-55-57-59-61-63-65-67-69-71-78(83)89-76(75-88-80(79(84)85)86-73-72-81(3,4)5)74-87-77(82)70-68-66-64-62-60-58-56-54-52-50-48-46-44-33-31-29-27-25-23-21-19-17-15-13-11-9-7-2/h18-21,24-27,30,32,76,80H,6-17,22-23,28-29,31,33-75H2,1-5H3/b20-18-,21-19-,26-24-,27-25-,32-30-. The molecule has 0 saturated heterocycles. The molecule has 0 aromatic rings. The van der Waals surface area contributed by atoms with Crippen LogP contribution in [-0.4, -0.2) is 82.3 Å². The molecule has 0 aromatic carbocycles. The number of quaternary nitrogens is 1. The largest absolute Gasteiger partial charge is 0.545 e. The highest BCUT2D eigenvalue weighted by Gasteiger charge is 2.22. The molecule has 0 aliphatic heterocycles. The Balaban J connectivity index is 4.00. The van der Waals surface area contributed by atoms with Crippen molar-refractivity contribution in [3.63, 3.8) is 0 Å². The maximum Gasteiger partial charge on any atom is 0.306 e. The first kappa shape index (κ1) is 86.0. The predicted octanol–water partition coefficient (Wildman–Crippen LogP) is 22.9. The van der Waals surface area contributed by atoms with Gasteiger partial charge in [-0.1, -0.05) is 338 Å². The first-order chi connectivity index (χ1) is 43.6. The van der Waals surface area contributed by atoms with Gasteiger partial charge < -0.3 is 33.3 Å². The maximum atomic E-state index is 13.0. The number of unbranched alkanes of at least 4 members (excludes halogenated alkanes) is 47. The van der Waals surface area contributed by atoms with Crippen LogP contribution in [0, 0.1) is 0 Å². The second kappa shape index (κ2) is 70.9. The van der Waals surface area contributed by atoms with E-state index in [4.69, 9.17) is 18.9 Å². The Morgan fingerprint density at radius 2 is 0.607 bits per heavy atom. The topological polar surface area (TPSA) is 111 Å². The molecule has 0 radical (unpaired) electrons. The summed E-state index contributed by atoms with van der Waals surface area (Å²) >= 11 is 0. The van der Waals surface area contributed by atoms with Gasteiger partial charge in [-0.25, -0.2) is 0 Å². The lowest BCUT2D eigenvalue weighted by Gasteiger charge is -2.26. The molecule has 0 saturated carbocycles. The Morgan fingerprint density at radius 1 is 0.337 bits per heavy atom. The van der Waals surface area contributed by atoms with Crippen molar-refractivity contribution in [2.45, 2.75) is 386 Å². The smallest absolute Gasteiger partial charge is 0.306 e. The minimum absolute atomic E-state index is 0.149. The lowest BCUT2D eigenvalue weighted by atomic mass is 10.0. The van der Waals surface area contributed by atoms with Crippen molar-refractivity contribution < 1.29 is 42.9 Å². The second-order valence-electron chi connectivity index (χ2n) is 27.3. The summed E-state index contributed by atoms with van der Waals surface area (Å²) in [5.74, 6) is -2.26. The summed E-state index contributed by atoms with van der Waals surface area (Å²) in [5, 5.41) is 11.8. The van der Waals surface area contributed by atoms with Gasteiger partial charge in [-0.3, -0.25) is 9.59 Å². The third-order valence-electron chi connectivity index (χ3n) is 17.2. The van der Waals surface area contributed by atoms with Crippen molar-refractivity contribution in [3.05, 3.63) is 60.8 Å². The Morgan fingerprint density at radius 3 is 0.899 bits per heavy atom. The van der Waals surface area contributed by atoms with Gasteiger partial charge in [0.25, 0.3) is 0 Å². The van der Waals surface area contributed by atoms with Crippen molar-refractivity contribution >= 4 is 17.9 Å². The van der Waals surface area contributed by atoms with E-state index in [2.05, 4.69) is 74.6 Å². The minimum atomic E-state index is -1.62. The molecule has 0 N–H and O–H groups in total. The normalized spacial score (nSPS) is 13.0. The SMILES string of the molecule is CCCCCCC/C=C\C/C=C\C/C=C\CCCCCCCCCCCCCCCCCCCCCCCCC(=O)OC(COC(=O)CCCCCCCCCCCCCCCCC/C=C\C/C=C\CCCCCCC)COC(OCC[N+](C)(C)C)C(=O)[O-]. The zero-order chi connectivity index (χ0) is 64.7. The molecule has 0 aliphatic rings. The summed E-state index contributed by atoms with van der Waals surface area (Å²) in [5.41, 5.74) is 0. The van der Waals surface area contributed by atoms with Crippen LogP contribution in [0.3, 0.4) is 0 Å². The highest BCUT2D eigenvalue weighted by molar-refractivity contribution is 5.70. The third kappa shape index (κ3) is 72.3. The Kier molecular flexibility index (Phi) is 68.5. The number of allylic oxidation sites excluding steroid dienone is 10. The summed E-state index contributed by atoms with van der Waals surface area (Å²) in [7, 11) is 5.95. The van der Waals surface area contributed by atoms with Gasteiger partial charge >= 0.3 is 11.9 Å². The molecule has 0 spiro atoms. The number of carbonyl (C=O) groups excluding carboxylic acids is 3. The number of hydrogen-bond acceptors (Lipinski definition) is 8. The van der Waals surface area contributed by atoms with Crippen LogP contribution >= 0.6 is 0 Å². The molecule has 0 fully saturated rings. The van der Waals surface area contributed by atoms with Crippen molar-refractivity contribution in [1.29, 1.82) is 0 Å². The molecule has 0 rings (SSSR count). The average molecular weight is 1250 g/mol. The van der Waals surface area contributed by atoms with E-state index in [0.29, 0.717) is 23.9 Å². The molecule has 0 aliphatic carbocycles. The second-order valence-corrected chi connectivity index (χ2v) is 27.3. The molecule has 2 unspecified atom stereocenters. The summed E-state index contributed by atoms with van der Waals surface area (Å²) in [4.78, 5) is 37.6. The van der Waals surface area contributed by atoms with E-state index in [1.165, 1.54) is 289 Å². The number of hydrogen-bond donors (Lipinski definition) is 0. The molecular formula is C80H147NO8. The summed E-state index contributed by atoms with van der Waals surface area (Å²) in [6.07, 6.45) is 90.4. The van der Waals surface area contributed by atoms with Crippen LogP contribution in [0.1, 0.15) is 373 Å². The number of esters is 2. The first-order valence-electron chi connectivity index (χ1n) is 38.4. The number of nitrogens with zero attached hydrogens (tertiary/aromatic N) is 1. The van der Waals surface area contributed by atoms with E-state index < -0.39 is 24.3 Å². The molecule has 0 heterocycles. The number of carboxylic acids is 1. The molecule has 9 heteroatoms. The highest BCUT2D eigenvalue weighted by atomic mass is 16.7. The van der Waals surface area contributed by atoms with Gasteiger partial charge in [0.1, 0.15) is 13.2 Å². The Hall–Kier alpha value is -3.01. The predicted molar refractivity (Wildman–Crippen MR) is 380 cm³/mol. The van der Waals surface area contributed by atoms with Gasteiger partial charge in [0.2, 0.25) is 0 Å². The van der Waals surface area contributed by atoms with Crippen LogP contribution in [0.4, 0.5) is 0 Å². The lowest BCUT2D eigenvalue weighted by molar-refractivity contribution is -0.870. The van der Waals surface area contributed by atoms with E-state index in [1.807, 2.05) is 21.1 Å². The quantitative estimate of drug-likeness (QED) is 0.0195. The zero-order valence-corrected chi connectivity index (χ0v) is 59.6. The number of aliphatic carboxylic acids is 1. The first-order valence-corrected chi connectivity index (χ1v) is 38.4. The fraction of sp³-hybridized carbons (Fsp3) is 0.838. The monoisotopic (exact) mass is 1250 g/mol. The van der Waals surface area contributed by atoms with Gasteiger partial charge in [0, 0.05) is 12.8 Å². The third-order valence-corrected chi connectivity index (χ3v) is 17.2. The van der Waals surface area contributed by atoms with Crippen LogP contribution in [0.15, 0.2) is 60.8 Å². The number of ether oxygens (including phenoxy) is 4. The average Bonchev–Trinajstić information content (AvgIpc) is 3.70. The van der Waals surface area contributed by atoms with Crippen molar-refractivity contribution in [1.82, 2.24) is 0 Å². The fourth-order valence-electron chi connectivity index (χ4n) is 11.3. The molecule has 2 atom stereocenters. The molecular weight excluding hydrogens is 1100 g/mol. The summed E-state index contributed by atoms with van der Waals surface area (Å²) in [6, 6.07) is 0. The van der Waals surface area contributed by atoms with E-state index >= 15 is 0 Å². The van der Waals surface area contributed by atoms with Crippen LogP contribution in [0.5, 0.6) is 0 Å². The van der Waals surface area contributed by atoms with Gasteiger partial charge in [-0.05, 0) is 83.5 Å². The van der Waals surface area contributed by atoms with E-state index in [9.17, 15) is 19.5 Å². The molecule has 0 aromatic heterocycles. The lowest BCUT2D eigenvalue weighted by Crippen LogP contribution is -2.44. The van der Waals surface area contributed by atoms with Gasteiger partial charge in [-0.2, -0.15) is 0 Å². The van der Waals surface area contributed by atoms with Gasteiger partial charge in [0.15, 0.2) is 12.4 Å². The molecule has 520 valence electrons. The van der Waals surface area contributed by atoms with Crippen LogP contribution in [-0.2, 0) is 33.3 Å². The van der Waals surface area contributed by atoms with Crippen molar-refractivity contribution in [2.24, 2.45) is 0 Å². The number of carboxylic acid groups (broad SMARTS) is 1. The zero-order valence-electron chi connectivity index (χ0n) is 59.6. The molecule has 89 heavy (non-hydrogen) atoms. The van der Waals surface area contributed by atoms with Gasteiger partial charge in [0.05, 0.1) is 40.3 Å². The van der Waals surface area contributed by atoms with Crippen LogP contribution in [0.2, 0.25) is 0 Å². The van der Waals surface area contributed by atoms with E-state index in [-0.39, 0.29) is 32.2 Å². The van der Waals surface area contributed by atoms with E-state index in [1.54, 1.807) is 0 Å². The summed E-state index contributed by atoms with van der Waals surface area (Å²) in [6.45, 7) is 4.79. The number of rotatable bonds is 72. The van der Waals surface area contributed by atoms with Crippen molar-refractivity contribution in [2.75, 3.05) is 47.5 Å².